The number of rotatable bonds is 6. The summed E-state index contributed by atoms with van der Waals surface area (Å²) in [6.07, 6.45) is 0. The van der Waals surface area contributed by atoms with Gasteiger partial charge >= 0.3 is 5.97 Å². The first kappa shape index (κ1) is 18.2. The van der Waals surface area contributed by atoms with Crippen LogP contribution in [0.2, 0.25) is 0 Å². The van der Waals surface area contributed by atoms with E-state index >= 15 is 0 Å². The molecule has 0 unspecified atom stereocenters. The van der Waals surface area contributed by atoms with Gasteiger partial charge in [-0.1, -0.05) is 24.3 Å². The van der Waals surface area contributed by atoms with Crippen molar-refractivity contribution in [1.29, 1.82) is 5.26 Å². The van der Waals surface area contributed by atoms with Crippen LogP contribution in [-0.4, -0.2) is 18.5 Å². The molecule has 1 N–H and O–H groups in total. The number of esters is 1. The topological polar surface area (TPSA) is 88.4 Å². The molecule has 3 aromatic rings. The summed E-state index contributed by atoms with van der Waals surface area (Å²) in [4.78, 5) is 24.1. The molecular weight excluding hydrogens is 364 g/mol. The van der Waals surface area contributed by atoms with Crippen LogP contribution in [0.4, 0.5) is 5.00 Å². The standard InChI is InChI=1S/C20H14N2O4S/c21-12-15-9-10-27-19(15)22-18(23)13-25-20(24)14-5-4-8-17(11-14)26-16-6-2-1-3-7-16/h1-11H,13H2,(H,22,23). The zero-order chi connectivity index (χ0) is 19.1. The fourth-order valence-electron chi connectivity index (χ4n) is 2.18. The van der Waals surface area contributed by atoms with Crippen LogP contribution in [0.3, 0.4) is 0 Å². The normalized spacial score (nSPS) is 9.89. The Bertz CT molecular complexity index is 992. The largest absolute Gasteiger partial charge is 0.457 e. The third-order valence-electron chi connectivity index (χ3n) is 3.42. The van der Waals surface area contributed by atoms with Gasteiger partial charge in [-0.2, -0.15) is 5.26 Å². The summed E-state index contributed by atoms with van der Waals surface area (Å²) < 4.78 is 10.7. The second-order valence-electron chi connectivity index (χ2n) is 5.34. The maximum atomic E-state index is 12.2. The number of hydrogen-bond acceptors (Lipinski definition) is 6. The van der Waals surface area contributed by atoms with Gasteiger partial charge in [0.2, 0.25) is 0 Å². The van der Waals surface area contributed by atoms with Gasteiger partial charge in [0, 0.05) is 0 Å². The molecular formula is C20H14N2O4S. The van der Waals surface area contributed by atoms with E-state index in [2.05, 4.69) is 5.32 Å². The van der Waals surface area contributed by atoms with Crippen LogP contribution in [-0.2, 0) is 9.53 Å². The first-order chi connectivity index (χ1) is 13.2. The predicted octanol–water partition coefficient (Wildman–Crippen LogP) is 4.21. The van der Waals surface area contributed by atoms with E-state index in [-0.39, 0.29) is 5.56 Å². The van der Waals surface area contributed by atoms with Crippen LogP contribution >= 0.6 is 11.3 Å². The number of benzene rings is 2. The molecule has 0 saturated heterocycles. The van der Waals surface area contributed by atoms with E-state index < -0.39 is 18.5 Å². The maximum absolute atomic E-state index is 12.2. The average molecular weight is 378 g/mol. The van der Waals surface area contributed by atoms with Gasteiger partial charge in [-0.15, -0.1) is 11.3 Å². The van der Waals surface area contributed by atoms with Crippen molar-refractivity contribution >= 4 is 28.2 Å². The molecule has 6 nitrogen and oxygen atoms in total. The quantitative estimate of drug-likeness (QED) is 0.649. The van der Waals surface area contributed by atoms with Crippen molar-refractivity contribution in [2.45, 2.75) is 0 Å². The van der Waals surface area contributed by atoms with Crippen LogP contribution in [0, 0.1) is 11.3 Å². The van der Waals surface area contributed by atoms with Crippen molar-refractivity contribution < 1.29 is 19.1 Å². The Balaban J connectivity index is 1.57. The molecule has 0 spiro atoms. The van der Waals surface area contributed by atoms with Crippen molar-refractivity contribution in [2.24, 2.45) is 0 Å². The number of carbonyl (C=O) groups excluding carboxylic acids is 2. The van der Waals surface area contributed by atoms with Gasteiger partial charge in [0.25, 0.3) is 5.91 Å². The monoisotopic (exact) mass is 378 g/mol. The van der Waals surface area contributed by atoms with E-state index in [0.717, 1.165) is 0 Å². The first-order valence-electron chi connectivity index (χ1n) is 7.93. The van der Waals surface area contributed by atoms with Gasteiger partial charge in [0.1, 0.15) is 22.6 Å². The van der Waals surface area contributed by atoms with Crippen molar-refractivity contribution in [1.82, 2.24) is 0 Å². The lowest BCUT2D eigenvalue weighted by atomic mass is 10.2. The minimum Gasteiger partial charge on any atom is -0.457 e. The van der Waals surface area contributed by atoms with Crippen LogP contribution in [0.15, 0.2) is 66.0 Å². The molecule has 27 heavy (non-hydrogen) atoms. The van der Waals surface area contributed by atoms with Gasteiger partial charge in [-0.25, -0.2) is 4.79 Å². The molecule has 1 amide bonds. The molecule has 0 atom stereocenters. The third-order valence-corrected chi connectivity index (χ3v) is 4.25. The zero-order valence-corrected chi connectivity index (χ0v) is 14.9. The molecule has 0 radical (unpaired) electrons. The van der Waals surface area contributed by atoms with E-state index in [1.807, 2.05) is 24.3 Å². The van der Waals surface area contributed by atoms with Gasteiger partial charge < -0.3 is 14.8 Å². The number of nitriles is 1. The van der Waals surface area contributed by atoms with E-state index in [9.17, 15) is 9.59 Å². The summed E-state index contributed by atoms with van der Waals surface area (Å²) in [5.74, 6) is -0.0293. The molecule has 1 aromatic heterocycles. The van der Waals surface area contributed by atoms with Crippen molar-refractivity contribution in [3.8, 4) is 17.6 Å². The Kier molecular flexibility index (Phi) is 5.82. The van der Waals surface area contributed by atoms with Crippen molar-refractivity contribution in [3.05, 3.63) is 77.2 Å². The fourth-order valence-corrected chi connectivity index (χ4v) is 2.94. The van der Waals surface area contributed by atoms with Crippen LogP contribution in [0.1, 0.15) is 15.9 Å². The number of nitrogens with zero attached hydrogens (tertiary/aromatic N) is 1. The van der Waals surface area contributed by atoms with Crippen LogP contribution in [0.25, 0.3) is 0 Å². The highest BCUT2D eigenvalue weighted by atomic mass is 32.1. The Labute approximate surface area is 159 Å². The highest BCUT2D eigenvalue weighted by molar-refractivity contribution is 7.14. The van der Waals surface area contributed by atoms with Crippen molar-refractivity contribution in [2.75, 3.05) is 11.9 Å². The summed E-state index contributed by atoms with van der Waals surface area (Å²) in [6.45, 7) is -0.453. The Morgan fingerprint density at radius 3 is 2.59 bits per heavy atom. The highest BCUT2D eigenvalue weighted by Gasteiger charge is 2.13. The number of hydrogen-bond donors (Lipinski definition) is 1. The molecule has 2 aromatic carbocycles. The average Bonchev–Trinajstić information content (AvgIpc) is 3.14. The number of thiophene rings is 1. The Morgan fingerprint density at radius 2 is 1.81 bits per heavy atom. The summed E-state index contributed by atoms with van der Waals surface area (Å²) in [6, 6.07) is 19.2. The number of carbonyl (C=O) groups is 2. The molecule has 3 rings (SSSR count). The van der Waals surface area contributed by atoms with E-state index in [1.54, 1.807) is 47.8 Å². The molecule has 0 saturated carbocycles. The fraction of sp³-hybridized carbons (Fsp3) is 0.0500. The minimum atomic E-state index is -0.643. The lowest BCUT2D eigenvalue weighted by molar-refractivity contribution is -0.119. The minimum absolute atomic E-state index is 0.269. The lowest BCUT2D eigenvalue weighted by Crippen LogP contribution is -2.20. The number of ether oxygens (including phenoxy) is 2. The summed E-state index contributed by atoms with van der Waals surface area (Å²) >= 11 is 1.22. The molecule has 134 valence electrons. The van der Waals surface area contributed by atoms with Crippen molar-refractivity contribution in [3.63, 3.8) is 0 Å². The first-order valence-corrected chi connectivity index (χ1v) is 8.81. The molecule has 0 bridgehead atoms. The number of nitrogens with one attached hydrogen (secondary N) is 1. The lowest BCUT2D eigenvalue weighted by Gasteiger charge is -2.08. The molecule has 0 aliphatic heterocycles. The summed E-state index contributed by atoms with van der Waals surface area (Å²) in [7, 11) is 0. The molecule has 0 fully saturated rings. The second-order valence-corrected chi connectivity index (χ2v) is 6.26. The predicted molar refractivity (Wildman–Crippen MR) is 101 cm³/mol. The summed E-state index contributed by atoms with van der Waals surface area (Å²) in [5.41, 5.74) is 0.635. The zero-order valence-electron chi connectivity index (χ0n) is 14.0. The van der Waals surface area contributed by atoms with Gasteiger partial charge in [0.15, 0.2) is 6.61 Å². The van der Waals surface area contributed by atoms with Gasteiger partial charge in [-0.05, 0) is 41.8 Å². The van der Waals surface area contributed by atoms with Crippen LogP contribution < -0.4 is 10.1 Å². The van der Waals surface area contributed by atoms with Gasteiger partial charge in [-0.3, -0.25) is 4.79 Å². The number of anilines is 1. The highest BCUT2D eigenvalue weighted by Crippen LogP contribution is 2.23. The number of amides is 1. The smallest absolute Gasteiger partial charge is 0.338 e. The summed E-state index contributed by atoms with van der Waals surface area (Å²) in [5, 5.41) is 13.6. The van der Waals surface area contributed by atoms with E-state index in [4.69, 9.17) is 14.7 Å². The Hall–Kier alpha value is -3.63. The number of para-hydroxylation sites is 1. The van der Waals surface area contributed by atoms with E-state index in [1.165, 1.54) is 11.3 Å². The Morgan fingerprint density at radius 1 is 1.04 bits per heavy atom. The molecule has 7 heteroatoms. The SMILES string of the molecule is N#Cc1ccsc1NC(=O)COC(=O)c1cccc(Oc2ccccc2)c1. The van der Waals surface area contributed by atoms with E-state index in [0.29, 0.717) is 22.1 Å². The van der Waals surface area contributed by atoms with Gasteiger partial charge in [0.05, 0.1) is 11.1 Å². The maximum Gasteiger partial charge on any atom is 0.338 e. The van der Waals surface area contributed by atoms with Crippen LogP contribution in [0.5, 0.6) is 11.5 Å². The third kappa shape index (κ3) is 4.93. The second kappa shape index (κ2) is 8.65. The molecule has 0 aliphatic rings. The molecule has 1 heterocycles. The molecule has 0 aliphatic carbocycles.